The van der Waals surface area contributed by atoms with Gasteiger partial charge in [-0.2, -0.15) is 0 Å². The molecule has 22 heavy (non-hydrogen) atoms. The minimum atomic E-state index is -0.722. The van der Waals surface area contributed by atoms with Crippen molar-refractivity contribution in [1.82, 2.24) is 0 Å². The lowest BCUT2D eigenvalue weighted by Crippen LogP contribution is -2.27. The third-order valence-electron chi connectivity index (χ3n) is 3.84. The largest absolute Gasteiger partial charge is 0.468 e. The summed E-state index contributed by atoms with van der Waals surface area (Å²) >= 11 is 0. The molecule has 0 amide bonds. The van der Waals surface area contributed by atoms with Crippen LogP contribution in [-0.4, -0.2) is 13.1 Å². The molecule has 0 fully saturated rings. The zero-order valence-corrected chi connectivity index (χ0v) is 13.6. The molecule has 0 saturated heterocycles. The average molecular weight is 294 g/mol. The monoisotopic (exact) mass is 294 g/mol. The van der Waals surface area contributed by atoms with Gasteiger partial charge in [0.15, 0.2) is 0 Å². The first-order valence-electron chi connectivity index (χ1n) is 7.38. The average Bonchev–Trinajstić information content (AvgIpc) is 2.53. The van der Waals surface area contributed by atoms with Gasteiger partial charge in [0.1, 0.15) is 0 Å². The summed E-state index contributed by atoms with van der Waals surface area (Å²) in [5.74, 6) is -0.241. The second-order valence-corrected chi connectivity index (χ2v) is 5.95. The maximum atomic E-state index is 12.2. The number of methoxy groups -OCH3 is 1. The van der Waals surface area contributed by atoms with Crippen molar-refractivity contribution in [3.05, 3.63) is 71.3 Å². The summed E-state index contributed by atoms with van der Waals surface area (Å²) in [6, 6.07) is 18.2. The summed E-state index contributed by atoms with van der Waals surface area (Å²) in [5, 5.41) is 0. The summed E-state index contributed by atoms with van der Waals surface area (Å²) in [6.45, 7) is 5.84. The Kier molecular flexibility index (Phi) is 4.81. The minimum Gasteiger partial charge on any atom is -0.468 e. The second-order valence-electron chi connectivity index (χ2n) is 5.95. The molecule has 2 aromatic rings. The fourth-order valence-corrected chi connectivity index (χ4v) is 2.44. The van der Waals surface area contributed by atoms with E-state index in [9.17, 15) is 4.79 Å². The third-order valence-corrected chi connectivity index (χ3v) is 3.84. The number of esters is 1. The van der Waals surface area contributed by atoms with Gasteiger partial charge in [-0.15, -0.1) is 0 Å². The Bertz CT molecular complexity index is 665. The molecule has 2 aromatic carbocycles. The van der Waals surface area contributed by atoms with Crippen LogP contribution in [0.1, 0.15) is 30.5 Å². The molecule has 0 aromatic heterocycles. The topological polar surface area (TPSA) is 26.3 Å². The Morgan fingerprint density at radius 2 is 1.59 bits per heavy atom. The molecule has 0 aliphatic heterocycles. The van der Waals surface area contributed by atoms with E-state index in [1.165, 1.54) is 12.7 Å². The molecule has 0 aliphatic carbocycles. The number of carbonyl (C=O) groups excluding carboxylic acids is 1. The van der Waals surface area contributed by atoms with Crippen molar-refractivity contribution in [2.24, 2.45) is 5.41 Å². The predicted octanol–water partition coefficient (Wildman–Crippen LogP) is 4.73. The number of ether oxygens (including phenoxy) is 1. The fourth-order valence-electron chi connectivity index (χ4n) is 2.44. The van der Waals surface area contributed by atoms with Crippen molar-refractivity contribution in [2.75, 3.05) is 7.11 Å². The van der Waals surface area contributed by atoms with Crippen LogP contribution < -0.4 is 0 Å². The minimum absolute atomic E-state index is 0.241. The Morgan fingerprint density at radius 3 is 2.14 bits per heavy atom. The van der Waals surface area contributed by atoms with Crippen LogP contribution in [0.15, 0.2) is 54.6 Å². The first-order valence-corrected chi connectivity index (χ1v) is 7.38. The molecule has 2 heteroatoms. The van der Waals surface area contributed by atoms with Gasteiger partial charge in [0.25, 0.3) is 0 Å². The predicted molar refractivity (Wildman–Crippen MR) is 91.3 cm³/mol. The molecule has 0 spiro atoms. The van der Waals surface area contributed by atoms with Crippen LogP contribution in [0.4, 0.5) is 0 Å². The van der Waals surface area contributed by atoms with Gasteiger partial charge in [-0.3, -0.25) is 4.79 Å². The summed E-state index contributed by atoms with van der Waals surface area (Å²) in [6.07, 6.45) is 2.06. The zero-order valence-electron chi connectivity index (χ0n) is 13.6. The van der Waals surface area contributed by atoms with E-state index in [2.05, 4.69) is 37.3 Å². The number of rotatable bonds is 4. The van der Waals surface area contributed by atoms with E-state index in [-0.39, 0.29) is 5.97 Å². The van der Waals surface area contributed by atoms with Crippen molar-refractivity contribution < 1.29 is 9.53 Å². The molecule has 0 saturated carbocycles. The van der Waals surface area contributed by atoms with Gasteiger partial charge in [0, 0.05) is 0 Å². The molecule has 2 rings (SSSR count). The Labute approximate surface area is 132 Å². The first kappa shape index (κ1) is 16.0. The van der Waals surface area contributed by atoms with Crippen LogP contribution in [0.25, 0.3) is 11.6 Å². The summed E-state index contributed by atoms with van der Waals surface area (Å²) in [5.41, 5.74) is 3.52. The van der Waals surface area contributed by atoms with Gasteiger partial charge in [-0.25, -0.2) is 0 Å². The number of benzene rings is 2. The highest BCUT2D eigenvalue weighted by Crippen LogP contribution is 2.37. The van der Waals surface area contributed by atoms with Crippen molar-refractivity contribution in [1.29, 1.82) is 0 Å². The van der Waals surface area contributed by atoms with E-state index in [0.29, 0.717) is 0 Å². The molecule has 0 aliphatic rings. The fraction of sp³-hybridized carbons (Fsp3) is 0.250. The van der Waals surface area contributed by atoms with Crippen LogP contribution in [0.2, 0.25) is 0 Å². The van der Waals surface area contributed by atoms with Gasteiger partial charge in [0.2, 0.25) is 0 Å². The van der Waals surface area contributed by atoms with Crippen molar-refractivity contribution in [3.8, 4) is 0 Å². The zero-order chi connectivity index (χ0) is 16.2. The molecule has 2 nitrogen and oxygen atoms in total. The second kappa shape index (κ2) is 6.61. The Hall–Kier alpha value is -2.35. The molecule has 0 heterocycles. The van der Waals surface area contributed by atoms with Crippen molar-refractivity contribution in [3.63, 3.8) is 0 Å². The number of carbonyl (C=O) groups is 1. The molecule has 0 atom stereocenters. The maximum absolute atomic E-state index is 12.2. The number of hydrogen-bond acceptors (Lipinski definition) is 2. The molecule has 0 unspecified atom stereocenters. The maximum Gasteiger partial charge on any atom is 0.315 e. The van der Waals surface area contributed by atoms with E-state index < -0.39 is 5.41 Å². The van der Waals surface area contributed by atoms with E-state index in [1.807, 2.05) is 44.2 Å². The first-order chi connectivity index (χ1) is 10.4. The highest BCUT2D eigenvalue weighted by atomic mass is 16.5. The molecular weight excluding hydrogens is 272 g/mol. The molecule has 0 N–H and O–H groups in total. The van der Waals surface area contributed by atoms with E-state index >= 15 is 0 Å². The highest BCUT2D eigenvalue weighted by molar-refractivity contribution is 5.98. The number of aryl methyl sites for hydroxylation is 1. The quantitative estimate of drug-likeness (QED) is 0.601. The Morgan fingerprint density at radius 1 is 1.00 bits per heavy atom. The van der Waals surface area contributed by atoms with Crippen molar-refractivity contribution >= 4 is 17.6 Å². The van der Waals surface area contributed by atoms with Gasteiger partial charge >= 0.3 is 5.97 Å². The molecule has 0 radical (unpaired) electrons. The van der Waals surface area contributed by atoms with E-state index in [0.717, 1.165) is 16.7 Å². The summed E-state index contributed by atoms with van der Waals surface area (Å²) in [4.78, 5) is 12.2. The van der Waals surface area contributed by atoms with Crippen LogP contribution in [0, 0.1) is 12.3 Å². The molecule has 114 valence electrons. The highest BCUT2D eigenvalue weighted by Gasteiger charge is 2.33. The molecular formula is C20H22O2. The summed E-state index contributed by atoms with van der Waals surface area (Å²) < 4.78 is 5.00. The lowest BCUT2D eigenvalue weighted by atomic mass is 9.79. The van der Waals surface area contributed by atoms with Gasteiger partial charge < -0.3 is 4.74 Å². The lowest BCUT2D eigenvalue weighted by molar-refractivity contribution is -0.147. The van der Waals surface area contributed by atoms with Crippen LogP contribution in [0.5, 0.6) is 0 Å². The lowest BCUT2D eigenvalue weighted by Gasteiger charge is -2.26. The smallest absolute Gasteiger partial charge is 0.315 e. The third kappa shape index (κ3) is 3.45. The van der Waals surface area contributed by atoms with Crippen LogP contribution in [-0.2, 0) is 9.53 Å². The van der Waals surface area contributed by atoms with Crippen LogP contribution >= 0.6 is 0 Å². The SMILES string of the molecule is COC(=O)C(C)(C)/C(=C/c1ccccc1)c1ccc(C)cc1. The van der Waals surface area contributed by atoms with Crippen molar-refractivity contribution in [2.45, 2.75) is 20.8 Å². The van der Waals surface area contributed by atoms with Gasteiger partial charge in [-0.1, -0.05) is 66.2 Å². The normalized spacial score (nSPS) is 12.1. The van der Waals surface area contributed by atoms with Gasteiger partial charge in [0.05, 0.1) is 12.5 Å². The standard InChI is InChI=1S/C20H22O2/c1-15-10-12-17(13-11-15)18(20(2,3)19(21)22-4)14-16-8-6-5-7-9-16/h5-14H,1-4H3/b18-14+. The van der Waals surface area contributed by atoms with Crippen LogP contribution in [0.3, 0.4) is 0 Å². The van der Waals surface area contributed by atoms with E-state index in [1.54, 1.807) is 0 Å². The van der Waals surface area contributed by atoms with E-state index in [4.69, 9.17) is 4.74 Å². The van der Waals surface area contributed by atoms with Gasteiger partial charge in [-0.05, 0) is 37.5 Å². The number of hydrogen-bond donors (Lipinski definition) is 0. The summed E-state index contributed by atoms with van der Waals surface area (Å²) in [7, 11) is 1.43. The Balaban J connectivity index is 2.57. The molecule has 0 bridgehead atoms.